The summed E-state index contributed by atoms with van der Waals surface area (Å²) in [7, 11) is 0. The van der Waals surface area contributed by atoms with Crippen LogP contribution in [0.5, 0.6) is 0 Å². The molecule has 0 spiro atoms. The average molecular weight is 256 g/mol. The molecule has 1 aliphatic rings. The number of aliphatic hydroxyl groups is 1. The Morgan fingerprint density at radius 2 is 2.22 bits per heavy atom. The predicted octanol–water partition coefficient (Wildman–Crippen LogP) is 0.520. The first kappa shape index (κ1) is 15.0. The zero-order chi connectivity index (χ0) is 13.7. The molecule has 0 bridgehead atoms. The first-order valence-corrected chi connectivity index (χ1v) is 6.70. The van der Waals surface area contributed by atoms with Crippen LogP contribution in [0.3, 0.4) is 0 Å². The summed E-state index contributed by atoms with van der Waals surface area (Å²) in [6, 6.07) is 0.153. The van der Waals surface area contributed by atoms with E-state index in [1.54, 1.807) is 4.90 Å². The van der Waals surface area contributed by atoms with Crippen molar-refractivity contribution in [3.05, 3.63) is 0 Å². The molecule has 0 aromatic rings. The summed E-state index contributed by atoms with van der Waals surface area (Å²) in [6.45, 7) is 6.47. The number of amides is 2. The molecule has 1 heterocycles. The van der Waals surface area contributed by atoms with Crippen LogP contribution in [-0.2, 0) is 9.59 Å². The van der Waals surface area contributed by atoms with E-state index in [0.717, 1.165) is 6.42 Å². The summed E-state index contributed by atoms with van der Waals surface area (Å²) >= 11 is 0. The minimum absolute atomic E-state index is 0.00528. The fourth-order valence-corrected chi connectivity index (χ4v) is 2.26. The molecule has 0 aromatic carbocycles. The Kier molecular flexibility index (Phi) is 5.59. The SMILES string of the molecule is CCC(CCO)NC(=O)C1CC(=O)N(C(C)C)C1. The van der Waals surface area contributed by atoms with E-state index in [4.69, 9.17) is 5.11 Å². The summed E-state index contributed by atoms with van der Waals surface area (Å²) in [5, 5.41) is 11.8. The number of carbonyl (C=O) groups excluding carboxylic acids is 2. The summed E-state index contributed by atoms with van der Waals surface area (Å²) in [4.78, 5) is 25.5. The lowest BCUT2D eigenvalue weighted by atomic mass is 10.1. The van der Waals surface area contributed by atoms with Crippen LogP contribution in [0.25, 0.3) is 0 Å². The third-order valence-corrected chi connectivity index (χ3v) is 3.47. The van der Waals surface area contributed by atoms with Gasteiger partial charge in [0.2, 0.25) is 11.8 Å². The van der Waals surface area contributed by atoms with Crippen LogP contribution in [0, 0.1) is 5.92 Å². The van der Waals surface area contributed by atoms with Gasteiger partial charge in [-0.2, -0.15) is 0 Å². The van der Waals surface area contributed by atoms with Crippen molar-refractivity contribution in [2.24, 2.45) is 5.92 Å². The maximum Gasteiger partial charge on any atom is 0.225 e. The standard InChI is InChI=1S/C13H24N2O3/c1-4-11(5-6-16)14-13(18)10-7-12(17)15(8-10)9(2)3/h9-11,16H,4-8H2,1-3H3,(H,14,18). The second-order valence-corrected chi connectivity index (χ2v) is 5.17. The third-order valence-electron chi connectivity index (χ3n) is 3.47. The Bertz CT molecular complexity index is 305. The number of hydrogen-bond acceptors (Lipinski definition) is 3. The third kappa shape index (κ3) is 3.70. The van der Waals surface area contributed by atoms with E-state index in [2.05, 4.69) is 5.32 Å². The van der Waals surface area contributed by atoms with Crippen LogP contribution < -0.4 is 5.32 Å². The summed E-state index contributed by atoms with van der Waals surface area (Å²) in [5.41, 5.74) is 0. The minimum Gasteiger partial charge on any atom is -0.396 e. The van der Waals surface area contributed by atoms with Crippen molar-refractivity contribution in [2.75, 3.05) is 13.2 Å². The zero-order valence-electron chi connectivity index (χ0n) is 11.5. The summed E-state index contributed by atoms with van der Waals surface area (Å²) in [5.74, 6) is -0.250. The van der Waals surface area contributed by atoms with Gasteiger partial charge in [0.1, 0.15) is 0 Å². The summed E-state index contributed by atoms with van der Waals surface area (Å²) in [6.07, 6.45) is 1.66. The van der Waals surface area contributed by atoms with Gasteiger partial charge in [-0.1, -0.05) is 6.92 Å². The van der Waals surface area contributed by atoms with E-state index in [1.807, 2.05) is 20.8 Å². The minimum atomic E-state index is -0.243. The highest BCUT2D eigenvalue weighted by atomic mass is 16.3. The van der Waals surface area contributed by atoms with E-state index in [0.29, 0.717) is 19.4 Å². The van der Waals surface area contributed by atoms with Gasteiger partial charge < -0.3 is 15.3 Å². The average Bonchev–Trinajstić information content (AvgIpc) is 2.70. The Morgan fingerprint density at radius 1 is 1.56 bits per heavy atom. The molecule has 2 N–H and O–H groups in total. The van der Waals surface area contributed by atoms with Crippen molar-refractivity contribution in [3.8, 4) is 0 Å². The highest BCUT2D eigenvalue weighted by Gasteiger charge is 2.35. The number of nitrogens with zero attached hydrogens (tertiary/aromatic N) is 1. The lowest BCUT2D eigenvalue weighted by molar-refractivity contribution is -0.130. The molecule has 1 aliphatic heterocycles. The molecule has 2 amide bonds. The van der Waals surface area contributed by atoms with Crippen LogP contribution in [0.4, 0.5) is 0 Å². The maximum atomic E-state index is 12.0. The van der Waals surface area contributed by atoms with Gasteiger partial charge in [-0.05, 0) is 26.7 Å². The van der Waals surface area contributed by atoms with Gasteiger partial charge in [0.15, 0.2) is 0 Å². The highest BCUT2D eigenvalue weighted by Crippen LogP contribution is 2.20. The van der Waals surface area contributed by atoms with Crippen LogP contribution in [0.1, 0.15) is 40.0 Å². The van der Waals surface area contributed by atoms with Gasteiger partial charge in [-0.25, -0.2) is 0 Å². The lowest BCUT2D eigenvalue weighted by Gasteiger charge is -2.22. The number of hydrogen-bond donors (Lipinski definition) is 2. The quantitative estimate of drug-likeness (QED) is 0.728. The molecule has 0 saturated carbocycles. The lowest BCUT2D eigenvalue weighted by Crippen LogP contribution is -2.40. The molecule has 0 radical (unpaired) electrons. The van der Waals surface area contributed by atoms with E-state index in [9.17, 15) is 9.59 Å². The van der Waals surface area contributed by atoms with Crippen molar-refractivity contribution < 1.29 is 14.7 Å². The van der Waals surface area contributed by atoms with Crippen LogP contribution in [0.2, 0.25) is 0 Å². The maximum absolute atomic E-state index is 12.0. The molecule has 1 fully saturated rings. The van der Waals surface area contributed by atoms with Gasteiger partial charge in [-0.15, -0.1) is 0 Å². The Hall–Kier alpha value is -1.10. The Labute approximate surface area is 109 Å². The van der Waals surface area contributed by atoms with E-state index in [1.165, 1.54) is 0 Å². The van der Waals surface area contributed by atoms with Crippen LogP contribution >= 0.6 is 0 Å². The van der Waals surface area contributed by atoms with E-state index in [-0.39, 0.29) is 36.4 Å². The topological polar surface area (TPSA) is 69.6 Å². The zero-order valence-corrected chi connectivity index (χ0v) is 11.5. The van der Waals surface area contributed by atoms with E-state index < -0.39 is 0 Å². The monoisotopic (exact) mass is 256 g/mol. The normalized spacial score (nSPS) is 21.5. The van der Waals surface area contributed by atoms with Gasteiger partial charge in [0.05, 0.1) is 5.92 Å². The molecule has 1 saturated heterocycles. The summed E-state index contributed by atoms with van der Waals surface area (Å²) < 4.78 is 0. The fourth-order valence-electron chi connectivity index (χ4n) is 2.26. The number of rotatable bonds is 6. The van der Waals surface area contributed by atoms with Crippen LogP contribution in [-0.4, -0.2) is 47.1 Å². The van der Waals surface area contributed by atoms with Crippen molar-refractivity contribution in [1.82, 2.24) is 10.2 Å². The first-order valence-electron chi connectivity index (χ1n) is 6.70. The molecular weight excluding hydrogens is 232 g/mol. The fraction of sp³-hybridized carbons (Fsp3) is 0.846. The van der Waals surface area contributed by atoms with Crippen molar-refractivity contribution in [2.45, 2.75) is 52.1 Å². The van der Waals surface area contributed by atoms with Gasteiger partial charge >= 0.3 is 0 Å². The molecule has 18 heavy (non-hydrogen) atoms. The van der Waals surface area contributed by atoms with Gasteiger partial charge in [0.25, 0.3) is 0 Å². The van der Waals surface area contributed by atoms with Crippen molar-refractivity contribution in [3.63, 3.8) is 0 Å². The van der Waals surface area contributed by atoms with Crippen molar-refractivity contribution in [1.29, 1.82) is 0 Å². The molecule has 5 heteroatoms. The highest BCUT2D eigenvalue weighted by molar-refractivity contribution is 5.89. The van der Waals surface area contributed by atoms with Crippen molar-refractivity contribution >= 4 is 11.8 Å². The second kappa shape index (κ2) is 6.73. The Balaban J connectivity index is 2.51. The largest absolute Gasteiger partial charge is 0.396 e. The van der Waals surface area contributed by atoms with Gasteiger partial charge in [-0.3, -0.25) is 9.59 Å². The first-order chi connectivity index (χ1) is 8.49. The van der Waals surface area contributed by atoms with Crippen LogP contribution in [0.15, 0.2) is 0 Å². The Morgan fingerprint density at radius 3 is 2.67 bits per heavy atom. The number of carbonyl (C=O) groups is 2. The molecule has 0 aliphatic carbocycles. The number of aliphatic hydroxyl groups excluding tert-OH is 1. The van der Waals surface area contributed by atoms with E-state index >= 15 is 0 Å². The number of nitrogens with one attached hydrogen (secondary N) is 1. The molecule has 104 valence electrons. The smallest absolute Gasteiger partial charge is 0.225 e. The molecule has 2 atom stereocenters. The molecule has 5 nitrogen and oxygen atoms in total. The molecule has 2 unspecified atom stereocenters. The molecular formula is C13H24N2O3. The second-order valence-electron chi connectivity index (χ2n) is 5.17. The molecule has 1 rings (SSSR count). The number of likely N-dealkylation sites (tertiary alicyclic amines) is 1. The molecule has 0 aromatic heterocycles. The van der Waals surface area contributed by atoms with Gasteiger partial charge in [0, 0.05) is 31.7 Å². The predicted molar refractivity (Wildman–Crippen MR) is 68.9 cm³/mol.